The summed E-state index contributed by atoms with van der Waals surface area (Å²) >= 11 is 0. The minimum absolute atomic E-state index is 0.300. The number of nitrogens with zero attached hydrogens (tertiary/aromatic N) is 1. The van der Waals surface area contributed by atoms with Gasteiger partial charge >= 0.3 is 0 Å². The molecule has 0 atom stereocenters. The summed E-state index contributed by atoms with van der Waals surface area (Å²) in [5.41, 5.74) is 0.0283. The second kappa shape index (κ2) is 3.02. The fourth-order valence-corrected chi connectivity index (χ4v) is 1.29. The van der Waals surface area contributed by atoms with Crippen LogP contribution in [-0.4, -0.2) is 12.1 Å². The summed E-state index contributed by atoms with van der Waals surface area (Å²) < 4.78 is 5.50. The Balaban J connectivity index is 2.91. The van der Waals surface area contributed by atoms with E-state index in [0.29, 0.717) is 21.4 Å². The van der Waals surface area contributed by atoms with E-state index in [4.69, 9.17) is 4.74 Å². The normalized spacial score (nSPS) is 10.4. The Morgan fingerprint density at radius 1 is 1.57 bits per heavy atom. The molecule has 14 heavy (non-hydrogen) atoms. The van der Waals surface area contributed by atoms with E-state index < -0.39 is 0 Å². The van der Waals surface area contributed by atoms with E-state index in [1.54, 1.807) is 6.07 Å². The molecular weight excluding hydrogens is 184 g/mol. The molecule has 0 amide bonds. The zero-order valence-corrected chi connectivity index (χ0v) is 7.48. The molecule has 0 saturated carbocycles. The molecule has 5 nitrogen and oxygen atoms in total. The van der Waals surface area contributed by atoms with Crippen molar-refractivity contribution < 1.29 is 9.47 Å². The molecule has 0 fully saturated rings. The fourth-order valence-electron chi connectivity index (χ4n) is 1.29. The summed E-state index contributed by atoms with van der Waals surface area (Å²) in [4.78, 5) is 13.8. The van der Waals surface area contributed by atoms with Gasteiger partial charge in [0.05, 0.1) is 7.11 Å². The molecule has 0 spiro atoms. The second-order valence-corrected chi connectivity index (χ2v) is 2.81. The van der Waals surface area contributed by atoms with Gasteiger partial charge in [-0.15, -0.1) is 0 Å². The van der Waals surface area contributed by atoms with Crippen LogP contribution in [-0.2, 0) is 0 Å². The minimum atomic E-state index is -0.300. The van der Waals surface area contributed by atoms with E-state index in [-0.39, 0.29) is 5.56 Å². The summed E-state index contributed by atoms with van der Waals surface area (Å²) in [6, 6.07) is 3.08. The number of methoxy groups -OCH3 is 1. The number of aromatic nitrogens is 2. The van der Waals surface area contributed by atoms with Gasteiger partial charge in [-0.2, -0.15) is 4.73 Å². The zero-order chi connectivity index (χ0) is 10.1. The van der Waals surface area contributed by atoms with Crippen LogP contribution in [0.1, 0.15) is 0 Å². The molecule has 72 valence electrons. The molecule has 0 bridgehead atoms. The molecular formula is C9H8N2O3. The third-order valence-electron chi connectivity index (χ3n) is 1.98. The molecule has 2 aromatic heterocycles. The smallest absolute Gasteiger partial charge is 0.262 e. The number of hydrogen-bond donors (Lipinski definition) is 1. The third kappa shape index (κ3) is 1.19. The van der Waals surface area contributed by atoms with Gasteiger partial charge in [0.2, 0.25) is 11.7 Å². The Hall–Kier alpha value is -2.04. The highest BCUT2D eigenvalue weighted by Gasteiger charge is 2.09. The first kappa shape index (κ1) is 8.55. The Labute approximate surface area is 79.2 Å². The Morgan fingerprint density at radius 3 is 3.07 bits per heavy atom. The maximum atomic E-state index is 11.4. The number of rotatable bonds is 1. The van der Waals surface area contributed by atoms with Crippen molar-refractivity contribution in [2.75, 3.05) is 7.11 Å². The molecule has 0 aliphatic carbocycles. The molecule has 0 aliphatic heterocycles. The standard InChI is InChI=1S/C9H8N2O3/c1-14-6-4-7-8(11(13)5-6)2-3-10-9(7)12/h2-5H,1H3,(H,10,12). The van der Waals surface area contributed by atoms with Crippen molar-refractivity contribution in [1.29, 1.82) is 0 Å². The van der Waals surface area contributed by atoms with Crippen molar-refractivity contribution in [2.45, 2.75) is 0 Å². The molecule has 2 rings (SSSR count). The van der Waals surface area contributed by atoms with E-state index in [2.05, 4.69) is 4.98 Å². The second-order valence-electron chi connectivity index (χ2n) is 2.81. The lowest BCUT2D eigenvalue weighted by Crippen LogP contribution is -2.28. The quantitative estimate of drug-likeness (QED) is 0.517. The van der Waals surface area contributed by atoms with Gasteiger partial charge in [-0.05, 0) is 0 Å². The molecule has 0 aliphatic rings. The Bertz CT molecular complexity index is 533. The van der Waals surface area contributed by atoms with Gasteiger partial charge in [0.25, 0.3) is 5.56 Å². The predicted octanol–water partition coefficient (Wildman–Crippen LogP) is 0.170. The summed E-state index contributed by atoms with van der Waals surface area (Å²) in [6.07, 6.45) is 2.72. The van der Waals surface area contributed by atoms with E-state index in [9.17, 15) is 10.0 Å². The molecule has 2 heterocycles. The lowest BCUT2D eigenvalue weighted by molar-refractivity contribution is -0.577. The van der Waals surface area contributed by atoms with Crippen molar-refractivity contribution >= 4 is 10.9 Å². The largest absolute Gasteiger partial charge is 0.618 e. The highest BCUT2D eigenvalue weighted by molar-refractivity contribution is 5.75. The molecule has 0 unspecified atom stereocenters. The third-order valence-corrected chi connectivity index (χ3v) is 1.98. The lowest BCUT2D eigenvalue weighted by atomic mass is 10.2. The van der Waals surface area contributed by atoms with Crippen LogP contribution in [0.3, 0.4) is 0 Å². The van der Waals surface area contributed by atoms with Gasteiger partial charge in [-0.3, -0.25) is 4.79 Å². The van der Waals surface area contributed by atoms with Crippen molar-refractivity contribution in [2.24, 2.45) is 0 Å². The minimum Gasteiger partial charge on any atom is -0.618 e. The van der Waals surface area contributed by atoms with E-state index >= 15 is 0 Å². The van der Waals surface area contributed by atoms with Crippen LogP contribution in [0.15, 0.2) is 29.3 Å². The van der Waals surface area contributed by atoms with Gasteiger partial charge in [-0.1, -0.05) is 0 Å². The van der Waals surface area contributed by atoms with E-state index in [0.717, 1.165) is 0 Å². The van der Waals surface area contributed by atoms with Crippen molar-refractivity contribution in [3.05, 3.63) is 40.1 Å². The molecule has 0 aromatic carbocycles. The van der Waals surface area contributed by atoms with Crippen LogP contribution in [0.2, 0.25) is 0 Å². The van der Waals surface area contributed by atoms with Crippen LogP contribution in [0.25, 0.3) is 10.9 Å². The maximum Gasteiger partial charge on any atom is 0.262 e. The molecule has 2 aromatic rings. The van der Waals surface area contributed by atoms with Crippen LogP contribution < -0.4 is 15.0 Å². The van der Waals surface area contributed by atoms with E-state index in [1.807, 2.05) is 0 Å². The van der Waals surface area contributed by atoms with Crippen molar-refractivity contribution in [3.8, 4) is 5.75 Å². The van der Waals surface area contributed by atoms with Gasteiger partial charge in [0.15, 0.2) is 5.75 Å². The number of hydrogen-bond acceptors (Lipinski definition) is 3. The number of ether oxygens (including phenoxy) is 1. The van der Waals surface area contributed by atoms with Crippen molar-refractivity contribution in [3.63, 3.8) is 0 Å². The predicted molar refractivity (Wildman–Crippen MR) is 50.1 cm³/mol. The first-order valence-corrected chi connectivity index (χ1v) is 4.01. The maximum absolute atomic E-state index is 11.4. The number of pyridine rings is 2. The van der Waals surface area contributed by atoms with Gasteiger partial charge in [-0.25, -0.2) is 0 Å². The fraction of sp³-hybridized carbons (Fsp3) is 0.111. The molecule has 5 heteroatoms. The topological polar surface area (TPSA) is 69.0 Å². The number of fused-ring (bicyclic) bond motifs is 1. The van der Waals surface area contributed by atoms with Gasteiger partial charge in [0, 0.05) is 18.3 Å². The van der Waals surface area contributed by atoms with E-state index in [1.165, 1.54) is 25.6 Å². The number of aromatic amines is 1. The highest BCUT2D eigenvalue weighted by Crippen LogP contribution is 2.11. The summed E-state index contributed by atoms with van der Waals surface area (Å²) in [7, 11) is 1.44. The first-order chi connectivity index (χ1) is 6.72. The monoisotopic (exact) mass is 192 g/mol. The van der Waals surface area contributed by atoms with Crippen LogP contribution in [0.5, 0.6) is 5.75 Å². The van der Waals surface area contributed by atoms with Crippen LogP contribution in [0.4, 0.5) is 0 Å². The van der Waals surface area contributed by atoms with Crippen LogP contribution in [0, 0.1) is 5.21 Å². The number of nitrogens with one attached hydrogen (secondary N) is 1. The summed E-state index contributed by atoms with van der Waals surface area (Å²) in [5, 5.41) is 11.7. The highest BCUT2D eigenvalue weighted by atomic mass is 16.5. The molecule has 1 N–H and O–H groups in total. The lowest BCUT2D eigenvalue weighted by Gasteiger charge is -2.03. The van der Waals surface area contributed by atoms with Crippen LogP contribution >= 0.6 is 0 Å². The average Bonchev–Trinajstić information content (AvgIpc) is 2.19. The van der Waals surface area contributed by atoms with Gasteiger partial charge in [0.1, 0.15) is 5.39 Å². The van der Waals surface area contributed by atoms with Crippen molar-refractivity contribution in [1.82, 2.24) is 4.98 Å². The number of H-pyrrole nitrogens is 1. The first-order valence-electron chi connectivity index (χ1n) is 4.01. The Morgan fingerprint density at radius 2 is 2.36 bits per heavy atom. The summed E-state index contributed by atoms with van der Waals surface area (Å²) in [6.45, 7) is 0. The Kier molecular flexibility index (Phi) is 1.85. The average molecular weight is 192 g/mol. The summed E-state index contributed by atoms with van der Waals surface area (Å²) in [5.74, 6) is 0.365. The SMILES string of the molecule is COc1cc2c(=O)[nH]ccc2[n+]([O-])c1. The molecule has 0 radical (unpaired) electrons. The molecule has 0 saturated heterocycles. The van der Waals surface area contributed by atoms with Gasteiger partial charge < -0.3 is 14.9 Å². The zero-order valence-electron chi connectivity index (χ0n) is 7.48.